The molecule has 1 spiro atoms. The van der Waals surface area contributed by atoms with Crippen LogP contribution in [0.4, 0.5) is 0 Å². The lowest BCUT2D eigenvalue weighted by Crippen LogP contribution is -2.72. The lowest BCUT2D eigenvalue weighted by molar-refractivity contribution is -0.201. The van der Waals surface area contributed by atoms with Crippen molar-refractivity contribution in [1.82, 2.24) is 5.32 Å². The lowest BCUT2D eigenvalue weighted by Gasteiger charge is -2.64. The van der Waals surface area contributed by atoms with Gasteiger partial charge < -0.3 is 10.1 Å². The van der Waals surface area contributed by atoms with Crippen LogP contribution < -0.4 is 5.32 Å². The maximum absolute atomic E-state index is 5.59. The SMILES string of the molecule is CCNC1C(C)C(OC)C12CCC2. The molecule has 0 radical (unpaired) electrons. The quantitative estimate of drug-likeness (QED) is 0.720. The molecule has 2 saturated carbocycles. The fourth-order valence-corrected chi connectivity index (χ4v) is 3.52. The zero-order chi connectivity index (χ0) is 9.47. The normalized spacial score (nSPS) is 41.3. The molecule has 2 nitrogen and oxygen atoms in total. The number of hydrogen-bond donors (Lipinski definition) is 1. The number of hydrogen-bond acceptors (Lipinski definition) is 2. The molecule has 0 aromatic heterocycles. The Morgan fingerprint density at radius 3 is 2.54 bits per heavy atom. The fourth-order valence-electron chi connectivity index (χ4n) is 3.52. The zero-order valence-electron chi connectivity index (χ0n) is 8.97. The third kappa shape index (κ3) is 1.08. The van der Waals surface area contributed by atoms with Crippen LogP contribution in [0.25, 0.3) is 0 Å². The molecular weight excluding hydrogens is 162 g/mol. The van der Waals surface area contributed by atoms with E-state index in [2.05, 4.69) is 19.2 Å². The first-order chi connectivity index (χ1) is 6.26. The van der Waals surface area contributed by atoms with Gasteiger partial charge in [0.05, 0.1) is 6.10 Å². The molecule has 0 bridgehead atoms. The summed E-state index contributed by atoms with van der Waals surface area (Å²) in [6.07, 6.45) is 4.65. The van der Waals surface area contributed by atoms with Gasteiger partial charge in [0.1, 0.15) is 0 Å². The van der Waals surface area contributed by atoms with Crippen molar-refractivity contribution in [2.45, 2.75) is 45.3 Å². The highest BCUT2D eigenvalue weighted by atomic mass is 16.5. The molecular formula is C11H21NO. The summed E-state index contributed by atoms with van der Waals surface area (Å²) < 4.78 is 5.59. The molecule has 13 heavy (non-hydrogen) atoms. The maximum Gasteiger partial charge on any atom is 0.0683 e. The smallest absolute Gasteiger partial charge is 0.0683 e. The van der Waals surface area contributed by atoms with Gasteiger partial charge in [-0.15, -0.1) is 0 Å². The molecule has 76 valence electrons. The molecule has 0 heterocycles. The summed E-state index contributed by atoms with van der Waals surface area (Å²) in [4.78, 5) is 0. The van der Waals surface area contributed by atoms with Crippen molar-refractivity contribution in [3.05, 3.63) is 0 Å². The van der Waals surface area contributed by atoms with Crippen LogP contribution in [0, 0.1) is 11.3 Å². The molecule has 2 aliphatic carbocycles. The Bertz CT molecular complexity index is 189. The zero-order valence-corrected chi connectivity index (χ0v) is 8.97. The first-order valence-electron chi connectivity index (χ1n) is 5.52. The highest BCUT2D eigenvalue weighted by Crippen LogP contribution is 2.59. The van der Waals surface area contributed by atoms with E-state index in [0.29, 0.717) is 17.4 Å². The molecule has 0 aliphatic heterocycles. The number of rotatable bonds is 3. The molecule has 0 aromatic carbocycles. The van der Waals surface area contributed by atoms with Gasteiger partial charge >= 0.3 is 0 Å². The van der Waals surface area contributed by atoms with Crippen LogP contribution in [0.2, 0.25) is 0 Å². The van der Waals surface area contributed by atoms with Gasteiger partial charge in [-0.25, -0.2) is 0 Å². The van der Waals surface area contributed by atoms with Crippen molar-refractivity contribution >= 4 is 0 Å². The summed E-state index contributed by atoms with van der Waals surface area (Å²) in [7, 11) is 1.86. The molecule has 3 atom stereocenters. The van der Waals surface area contributed by atoms with Gasteiger partial charge in [0.25, 0.3) is 0 Å². The van der Waals surface area contributed by atoms with Gasteiger partial charge in [-0.05, 0) is 25.3 Å². The average molecular weight is 183 g/mol. The topological polar surface area (TPSA) is 21.3 Å². The monoisotopic (exact) mass is 183 g/mol. The van der Waals surface area contributed by atoms with E-state index < -0.39 is 0 Å². The summed E-state index contributed by atoms with van der Waals surface area (Å²) in [5, 5.41) is 3.61. The minimum Gasteiger partial charge on any atom is -0.380 e. The van der Waals surface area contributed by atoms with Crippen molar-refractivity contribution < 1.29 is 4.74 Å². The van der Waals surface area contributed by atoms with E-state index >= 15 is 0 Å². The van der Waals surface area contributed by atoms with Crippen LogP contribution in [-0.2, 0) is 4.74 Å². The summed E-state index contributed by atoms with van der Waals surface area (Å²) in [5.41, 5.74) is 0.518. The fraction of sp³-hybridized carbons (Fsp3) is 1.00. The minimum absolute atomic E-state index is 0.518. The summed E-state index contributed by atoms with van der Waals surface area (Å²) in [5.74, 6) is 0.699. The second-order valence-corrected chi connectivity index (χ2v) is 4.64. The molecule has 1 N–H and O–H groups in total. The van der Waals surface area contributed by atoms with Crippen molar-refractivity contribution in [3.63, 3.8) is 0 Å². The predicted octanol–water partition coefficient (Wildman–Crippen LogP) is 1.80. The van der Waals surface area contributed by atoms with E-state index in [9.17, 15) is 0 Å². The Kier molecular flexibility index (Phi) is 2.37. The molecule has 0 saturated heterocycles. The predicted molar refractivity (Wildman–Crippen MR) is 53.7 cm³/mol. The van der Waals surface area contributed by atoms with Gasteiger partial charge in [-0.1, -0.05) is 20.3 Å². The first-order valence-corrected chi connectivity index (χ1v) is 5.52. The van der Waals surface area contributed by atoms with Crippen molar-refractivity contribution in [2.75, 3.05) is 13.7 Å². The maximum atomic E-state index is 5.59. The number of nitrogens with one attached hydrogen (secondary N) is 1. The third-order valence-electron chi connectivity index (χ3n) is 4.15. The van der Waals surface area contributed by atoms with Gasteiger partial charge in [0.2, 0.25) is 0 Å². The van der Waals surface area contributed by atoms with Gasteiger partial charge in [-0.3, -0.25) is 0 Å². The van der Waals surface area contributed by atoms with E-state index in [4.69, 9.17) is 4.74 Å². The van der Waals surface area contributed by atoms with Crippen LogP contribution in [0.15, 0.2) is 0 Å². The number of ether oxygens (including phenoxy) is 1. The molecule has 0 aromatic rings. The van der Waals surface area contributed by atoms with Gasteiger partial charge in [0, 0.05) is 18.6 Å². The van der Waals surface area contributed by atoms with Crippen LogP contribution in [0.5, 0.6) is 0 Å². The first kappa shape index (κ1) is 9.47. The molecule has 2 aliphatic rings. The highest BCUT2D eigenvalue weighted by molar-refractivity contribution is 5.15. The second kappa shape index (κ2) is 3.25. The van der Waals surface area contributed by atoms with Crippen molar-refractivity contribution in [2.24, 2.45) is 11.3 Å². The van der Waals surface area contributed by atoms with Crippen LogP contribution in [0.1, 0.15) is 33.1 Å². The third-order valence-corrected chi connectivity index (χ3v) is 4.15. The van der Waals surface area contributed by atoms with Crippen LogP contribution >= 0.6 is 0 Å². The standard InChI is InChI=1S/C11H21NO/c1-4-12-9-8(2)10(13-3)11(9)6-5-7-11/h8-10,12H,4-7H2,1-3H3. The molecule has 3 unspecified atom stereocenters. The minimum atomic E-state index is 0.518. The van der Waals surface area contributed by atoms with E-state index in [0.717, 1.165) is 12.6 Å². The van der Waals surface area contributed by atoms with Crippen LogP contribution in [0.3, 0.4) is 0 Å². The Morgan fingerprint density at radius 2 is 2.15 bits per heavy atom. The number of methoxy groups -OCH3 is 1. The average Bonchev–Trinajstić information content (AvgIpc) is 2.06. The van der Waals surface area contributed by atoms with Crippen molar-refractivity contribution in [1.29, 1.82) is 0 Å². The summed E-state index contributed by atoms with van der Waals surface area (Å²) >= 11 is 0. The molecule has 2 heteroatoms. The van der Waals surface area contributed by atoms with Crippen molar-refractivity contribution in [3.8, 4) is 0 Å². The van der Waals surface area contributed by atoms with Gasteiger partial charge in [0.15, 0.2) is 0 Å². The van der Waals surface area contributed by atoms with E-state index in [1.807, 2.05) is 7.11 Å². The summed E-state index contributed by atoms with van der Waals surface area (Å²) in [6, 6.07) is 0.719. The Morgan fingerprint density at radius 1 is 1.46 bits per heavy atom. The van der Waals surface area contributed by atoms with Crippen LogP contribution in [-0.4, -0.2) is 25.8 Å². The second-order valence-electron chi connectivity index (χ2n) is 4.64. The Balaban J connectivity index is 2.03. The largest absolute Gasteiger partial charge is 0.380 e. The van der Waals surface area contributed by atoms with Gasteiger partial charge in [-0.2, -0.15) is 0 Å². The Labute approximate surface area is 81.0 Å². The molecule has 0 amide bonds. The van der Waals surface area contributed by atoms with E-state index in [1.54, 1.807) is 0 Å². The highest BCUT2D eigenvalue weighted by Gasteiger charge is 2.62. The lowest BCUT2D eigenvalue weighted by atomic mass is 9.46. The molecule has 2 fully saturated rings. The Hall–Kier alpha value is -0.0800. The van der Waals surface area contributed by atoms with E-state index in [-0.39, 0.29) is 0 Å². The van der Waals surface area contributed by atoms with E-state index in [1.165, 1.54) is 19.3 Å². The molecule has 2 rings (SSSR count). The summed E-state index contributed by atoms with van der Waals surface area (Å²) in [6.45, 7) is 5.59.